The smallest absolute Gasteiger partial charge is 0.345 e. The highest BCUT2D eigenvalue weighted by Crippen LogP contribution is 2.40. The molecule has 1 aromatic rings. The van der Waals surface area contributed by atoms with Crippen LogP contribution in [-0.2, 0) is 19.9 Å². The van der Waals surface area contributed by atoms with Gasteiger partial charge in [-0.2, -0.15) is 0 Å². The molecule has 0 N–H and O–H groups in total. The topological polar surface area (TPSA) is 48.1 Å². The van der Waals surface area contributed by atoms with Crippen molar-refractivity contribution in [3.05, 3.63) is 29.8 Å². The lowest BCUT2D eigenvalue weighted by Gasteiger charge is -2.12. The molecule has 0 bridgehead atoms. The van der Waals surface area contributed by atoms with Crippen LogP contribution in [0.2, 0.25) is 0 Å². The van der Waals surface area contributed by atoms with Crippen LogP contribution in [-0.4, -0.2) is 26.3 Å². The van der Waals surface area contributed by atoms with E-state index in [0.29, 0.717) is 13.2 Å². The van der Waals surface area contributed by atoms with Crippen molar-refractivity contribution >= 4 is 5.97 Å². The fourth-order valence-electron chi connectivity index (χ4n) is 2.15. The van der Waals surface area contributed by atoms with Crippen LogP contribution in [0.25, 0.3) is 0 Å². The highest BCUT2D eigenvalue weighted by Gasteiger charge is 2.55. The first-order valence-electron chi connectivity index (χ1n) is 7.18. The molecule has 110 valence electrons. The molecule has 1 unspecified atom stereocenters. The first kappa shape index (κ1) is 14.9. The second-order valence-electron chi connectivity index (χ2n) is 5.04. The van der Waals surface area contributed by atoms with Gasteiger partial charge >= 0.3 is 5.97 Å². The van der Waals surface area contributed by atoms with Gasteiger partial charge in [0.2, 0.25) is 5.60 Å². The molecular weight excluding hydrogens is 256 g/mol. The molecule has 2 rings (SSSR count). The lowest BCUT2D eigenvalue weighted by atomic mass is 10.00. The second-order valence-corrected chi connectivity index (χ2v) is 5.04. The van der Waals surface area contributed by atoms with E-state index in [1.807, 2.05) is 24.3 Å². The van der Waals surface area contributed by atoms with Crippen LogP contribution < -0.4 is 4.74 Å². The molecule has 1 heterocycles. The van der Waals surface area contributed by atoms with E-state index in [9.17, 15) is 4.79 Å². The van der Waals surface area contributed by atoms with Gasteiger partial charge in [0.25, 0.3) is 0 Å². The molecule has 1 aliphatic rings. The van der Waals surface area contributed by atoms with Crippen molar-refractivity contribution in [1.29, 1.82) is 0 Å². The summed E-state index contributed by atoms with van der Waals surface area (Å²) in [5, 5.41) is 0. The van der Waals surface area contributed by atoms with Crippen LogP contribution >= 0.6 is 0 Å². The van der Waals surface area contributed by atoms with E-state index in [1.54, 1.807) is 7.11 Å². The number of esters is 1. The predicted molar refractivity (Wildman–Crippen MR) is 75.7 cm³/mol. The average molecular weight is 278 g/mol. The number of carbonyl (C=O) groups is 1. The molecule has 1 fully saturated rings. The van der Waals surface area contributed by atoms with E-state index in [2.05, 4.69) is 6.92 Å². The third-order valence-corrected chi connectivity index (χ3v) is 3.55. The molecule has 0 saturated carbocycles. The molecule has 1 aliphatic heterocycles. The third-order valence-electron chi connectivity index (χ3n) is 3.55. The standard InChI is InChI=1S/C16H22O4/c1-3-4-5-6-11-19-15(17)16(12-20-16)13-7-9-14(18-2)10-8-13/h7-10H,3-6,11-12H2,1-2H3. The number of hydrogen-bond acceptors (Lipinski definition) is 4. The Bertz CT molecular complexity index is 434. The van der Waals surface area contributed by atoms with Gasteiger partial charge in [0.15, 0.2) is 0 Å². The van der Waals surface area contributed by atoms with E-state index in [-0.39, 0.29) is 5.97 Å². The van der Waals surface area contributed by atoms with Crippen LogP contribution in [0.5, 0.6) is 5.75 Å². The lowest BCUT2D eigenvalue weighted by molar-refractivity contribution is -0.150. The zero-order valence-corrected chi connectivity index (χ0v) is 12.2. The van der Waals surface area contributed by atoms with E-state index < -0.39 is 5.60 Å². The molecule has 1 saturated heterocycles. The van der Waals surface area contributed by atoms with Crippen molar-refractivity contribution in [2.45, 2.75) is 38.2 Å². The number of epoxide rings is 1. The number of carbonyl (C=O) groups excluding carboxylic acids is 1. The summed E-state index contributed by atoms with van der Waals surface area (Å²) in [5.74, 6) is 0.483. The van der Waals surface area contributed by atoms with Crippen molar-refractivity contribution in [3.63, 3.8) is 0 Å². The number of rotatable bonds is 8. The third kappa shape index (κ3) is 3.31. The molecule has 0 radical (unpaired) electrons. The zero-order chi connectivity index (χ0) is 14.4. The fourth-order valence-corrected chi connectivity index (χ4v) is 2.15. The van der Waals surface area contributed by atoms with Gasteiger partial charge in [-0.3, -0.25) is 0 Å². The minimum Gasteiger partial charge on any atom is -0.497 e. The Balaban J connectivity index is 1.87. The highest BCUT2D eigenvalue weighted by atomic mass is 16.6. The van der Waals surface area contributed by atoms with Crippen molar-refractivity contribution < 1.29 is 19.0 Å². The lowest BCUT2D eigenvalue weighted by Crippen LogP contribution is -2.25. The van der Waals surface area contributed by atoms with Gasteiger partial charge in [0.1, 0.15) is 5.75 Å². The number of unbranched alkanes of at least 4 members (excludes halogenated alkanes) is 3. The van der Waals surface area contributed by atoms with Gasteiger partial charge in [-0.25, -0.2) is 4.79 Å². The molecule has 0 amide bonds. The Hall–Kier alpha value is -1.55. The summed E-state index contributed by atoms with van der Waals surface area (Å²) in [6.45, 7) is 3.02. The molecule has 0 aliphatic carbocycles. The van der Waals surface area contributed by atoms with Gasteiger partial charge in [-0.15, -0.1) is 0 Å². The second kappa shape index (κ2) is 6.75. The maximum Gasteiger partial charge on any atom is 0.345 e. The van der Waals surface area contributed by atoms with Crippen molar-refractivity contribution in [2.75, 3.05) is 20.3 Å². The molecule has 1 aromatic carbocycles. The Morgan fingerprint density at radius 2 is 1.95 bits per heavy atom. The minimum absolute atomic E-state index is 0.279. The monoisotopic (exact) mass is 278 g/mol. The summed E-state index contributed by atoms with van der Waals surface area (Å²) >= 11 is 0. The van der Waals surface area contributed by atoms with Crippen LogP contribution in [0.1, 0.15) is 38.2 Å². The highest BCUT2D eigenvalue weighted by molar-refractivity contribution is 5.84. The van der Waals surface area contributed by atoms with Crippen LogP contribution in [0, 0.1) is 0 Å². The van der Waals surface area contributed by atoms with E-state index in [4.69, 9.17) is 14.2 Å². The molecule has 4 nitrogen and oxygen atoms in total. The molecular formula is C16H22O4. The minimum atomic E-state index is -0.878. The molecule has 1 atom stereocenters. The van der Waals surface area contributed by atoms with Gasteiger partial charge in [0.05, 0.1) is 20.3 Å². The normalized spacial score (nSPS) is 20.5. The van der Waals surface area contributed by atoms with Gasteiger partial charge in [-0.05, 0) is 24.1 Å². The quantitative estimate of drug-likeness (QED) is 0.416. The molecule has 0 spiro atoms. The fraction of sp³-hybridized carbons (Fsp3) is 0.562. The largest absolute Gasteiger partial charge is 0.497 e. The Kier molecular flexibility index (Phi) is 5.01. The maximum atomic E-state index is 12.1. The summed E-state index contributed by atoms with van der Waals surface area (Å²) in [4.78, 5) is 12.1. The van der Waals surface area contributed by atoms with Crippen molar-refractivity contribution in [3.8, 4) is 5.75 Å². The summed E-state index contributed by atoms with van der Waals surface area (Å²) in [6.07, 6.45) is 4.36. The van der Waals surface area contributed by atoms with Gasteiger partial charge in [0, 0.05) is 0 Å². The summed E-state index contributed by atoms with van der Waals surface area (Å²) in [5.41, 5.74) is -0.0475. The van der Waals surface area contributed by atoms with Crippen LogP contribution in [0.3, 0.4) is 0 Å². The molecule has 0 aromatic heterocycles. The number of ether oxygens (including phenoxy) is 3. The predicted octanol–water partition coefficient (Wildman–Crippen LogP) is 3.04. The Labute approximate surface area is 120 Å². The summed E-state index contributed by atoms with van der Waals surface area (Å²) < 4.78 is 15.8. The van der Waals surface area contributed by atoms with E-state index in [0.717, 1.165) is 24.2 Å². The number of hydrogen-bond donors (Lipinski definition) is 0. The summed E-state index contributed by atoms with van der Waals surface area (Å²) in [6, 6.07) is 7.36. The van der Waals surface area contributed by atoms with Crippen LogP contribution in [0.15, 0.2) is 24.3 Å². The van der Waals surface area contributed by atoms with E-state index in [1.165, 1.54) is 12.8 Å². The molecule has 4 heteroatoms. The van der Waals surface area contributed by atoms with E-state index >= 15 is 0 Å². The van der Waals surface area contributed by atoms with Crippen LogP contribution in [0.4, 0.5) is 0 Å². The van der Waals surface area contributed by atoms with Crippen molar-refractivity contribution in [1.82, 2.24) is 0 Å². The first-order valence-corrected chi connectivity index (χ1v) is 7.18. The number of benzene rings is 1. The molecule has 20 heavy (non-hydrogen) atoms. The van der Waals surface area contributed by atoms with Gasteiger partial charge < -0.3 is 14.2 Å². The SMILES string of the molecule is CCCCCCOC(=O)C1(c2ccc(OC)cc2)CO1. The maximum absolute atomic E-state index is 12.1. The first-order chi connectivity index (χ1) is 9.73. The number of methoxy groups -OCH3 is 1. The summed E-state index contributed by atoms with van der Waals surface area (Å²) in [7, 11) is 1.61. The van der Waals surface area contributed by atoms with Gasteiger partial charge in [-0.1, -0.05) is 38.3 Å². The Morgan fingerprint density at radius 3 is 2.50 bits per heavy atom. The zero-order valence-electron chi connectivity index (χ0n) is 12.2. The Morgan fingerprint density at radius 1 is 1.25 bits per heavy atom. The van der Waals surface area contributed by atoms with Crippen molar-refractivity contribution in [2.24, 2.45) is 0 Å². The average Bonchev–Trinajstić information content (AvgIpc) is 3.29.